The van der Waals surface area contributed by atoms with Crippen LogP contribution in [0.15, 0.2) is 4.99 Å². The van der Waals surface area contributed by atoms with Gasteiger partial charge in [-0.25, -0.2) is 0 Å². The number of hydrogen-bond acceptors (Lipinski definition) is 1. The minimum Gasteiger partial charge on any atom is -0.388 e. The summed E-state index contributed by atoms with van der Waals surface area (Å²) in [5, 5.41) is 0. The lowest BCUT2D eigenvalue weighted by molar-refractivity contribution is 0.688. The molecule has 2 heteroatoms. The first-order chi connectivity index (χ1) is 4.74. The molecule has 2 nitrogen and oxygen atoms in total. The third-order valence-electron chi connectivity index (χ3n) is 2.17. The summed E-state index contributed by atoms with van der Waals surface area (Å²) < 4.78 is 0. The highest BCUT2D eigenvalue weighted by Gasteiger charge is 2.34. The molecule has 0 aromatic rings. The average Bonchev–Trinajstić information content (AvgIpc) is 2.61. The van der Waals surface area contributed by atoms with Crippen molar-refractivity contribution in [1.29, 1.82) is 0 Å². The highest BCUT2D eigenvalue weighted by molar-refractivity contribution is 5.77. The molecule has 0 unspecified atom stereocenters. The first kappa shape index (κ1) is 7.58. The van der Waals surface area contributed by atoms with Crippen LogP contribution >= 0.6 is 0 Å². The Hall–Kier alpha value is -0.530. The Balaban J connectivity index is 2.12. The van der Waals surface area contributed by atoms with Crippen LogP contribution in [0.3, 0.4) is 0 Å². The van der Waals surface area contributed by atoms with E-state index in [9.17, 15) is 0 Å². The maximum atomic E-state index is 5.41. The van der Waals surface area contributed by atoms with E-state index in [1.807, 2.05) is 6.92 Å². The number of hydrogen-bond donors (Lipinski definition) is 1. The van der Waals surface area contributed by atoms with Gasteiger partial charge in [0.25, 0.3) is 0 Å². The molecule has 58 valence electrons. The van der Waals surface area contributed by atoms with Gasteiger partial charge in [0, 0.05) is 6.54 Å². The normalized spacial score (nSPS) is 32.4. The Kier molecular flexibility index (Phi) is 2.30. The smallest absolute Gasteiger partial charge is 0.0905 e. The molecule has 0 spiro atoms. The van der Waals surface area contributed by atoms with Crippen LogP contribution in [0.5, 0.6) is 0 Å². The van der Waals surface area contributed by atoms with Crippen molar-refractivity contribution in [2.45, 2.75) is 26.7 Å². The third-order valence-corrected chi connectivity index (χ3v) is 2.17. The van der Waals surface area contributed by atoms with Crippen molar-refractivity contribution >= 4 is 5.84 Å². The lowest BCUT2D eigenvalue weighted by Gasteiger charge is -1.92. The fourth-order valence-electron chi connectivity index (χ4n) is 1.30. The summed E-state index contributed by atoms with van der Waals surface area (Å²) in [5.74, 6) is 2.52. The lowest BCUT2D eigenvalue weighted by atomic mass is 10.2. The summed E-state index contributed by atoms with van der Waals surface area (Å²) in [6.45, 7) is 5.05. The number of amidine groups is 1. The quantitative estimate of drug-likeness (QED) is 0.467. The fourth-order valence-corrected chi connectivity index (χ4v) is 1.30. The molecule has 0 heterocycles. The first-order valence-corrected chi connectivity index (χ1v) is 4.00. The molecule has 1 aliphatic carbocycles. The molecule has 1 aliphatic rings. The van der Waals surface area contributed by atoms with E-state index in [1.54, 1.807) is 0 Å². The largest absolute Gasteiger partial charge is 0.388 e. The fraction of sp³-hybridized carbons (Fsp3) is 0.875. The Morgan fingerprint density at radius 2 is 2.30 bits per heavy atom. The molecule has 1 saturated carbocycles. The maximum Gasteiger partial charge on any atom is 0.0905 e. The Bertz CT molecular complexity index is 136. The van der Waals surface area contributed by atoms with Crippen molar-refractivity contribution in [3.05, 3.63) is 0 Å². The second-order valence-electron chi connectivity index (χ2n) is 3.15. The van der Waals surface area contributed by atoms with Crippen molar-refractivity contribution < 1.29 is 0 Å². The predicted molar refractivity (Wildman–Crippen MR) is 44.1 cm³/mol. The van der Waals surface area contributed by atoms with Crippen molar-refractivity contribution in [3.8, 4) is 0 Å². The lowest BCUT2D eigenvalue weighted by Crippen LogP contribution is -2.06. The molecule has 0 bridgehead atoms. The zero-order valence-electron chi connectivity index (χ0n) is 6.80. The summed E-state index contributed by atoms with van der Waals surface area (Å²) in [7, 11) is 0. The molecule has 0 saturated heterocycles. The van der Waals surface area contributed by atoms with Gasteiger partial charge in [0.15, 0.2) is 0 Å². The minimum absolute atomic E-state index is 0.724. The molecule has 0 radical (unpaired) electrons. The standard InChI is InChI=1S/C8H16N2/c1-3-7-4-8(7)5-10-6(2)9/h7-8H,3-5H2,1-2H3,(H2,9,10)/t7-,8+/m1/s1. The van der Waals surface area contributed by atoms with Crippen molar-refractivity contribution in [1.82, 2.24) is 0 Å². The molecule has 10 heavy (non-hydrogen) atoms. The predicted octanol–water partition coefficient (Wildman–Crippen LogP) is 1.41. The molecule has 0 amide bonds. The van der Waals surface area contributed by atoms with Crippen LogP contribution in [0.2, 0.25) is 0 Å². The van der Waals surface area contributed by atoms with E-state index >= 15 is 0 Å². The topological polar surface area (TPSA) is 38.4 Å². The molecule has 0 aliphatic heterocycles. The van der Waals surface area contributed by atoms with E-state index < -0.39 is 0 Å². The molecule has 1 rings (SSSR count). The van der Waals surface area contributed by atoms with Crippen LogP contribution < -0.4 is 5.73 Å². The first-order valence-electron chi connectivity index (χ1n) is 4.00. The highest BCUT2D eigenvalue weighted by atomic mass is 14.8. The molecule has 0 aromatic carbocycles. The zero-order chi connectivity index (χ0) is 7.56. The van der Waals surface area contributed by atoms with E-state index in [0.717, 1.165) is 24.2 Å². The van der Waals surface area contributed by atoms with Crippen molar-refractivity contribution in [3.63, 3.8) is 0 Å². The van der Waals surface area contributed by atoms with Gasteiger partial charge in [-0.05, 0) is 25.2 Å². The van der Waals surface area contributed by atoms with E-state index in [2.05, 4.69) is 11.9 Å². The van der Waals surface area contributed by atoms with Gasteiger partial charge in [0.2, 0.25) is 0 Å². The van der Waals surface area contributed by atoms with Crippen LogP contribution in [-0.4, -0.2) is 12.4 Å². The van der Waals surface area contributed by atoms with Gasteiger partial charge in [-0.15, -0.1) is 0 Å². The summed E-state index contributed by atoms with van der Waals surface area (Å²) >= 11 is 0. The van der Waals surface area contributed by atoms with Crippen molar-refractivity contribution in [2.75, 3.05) is 6.54 Å². The average molecular weight is 140 g/mol. The van der Waals surface area contributed by atoms with Crippen LogP contribution in [0.1, 0.15) is 26.7 Å². The number of nitrogens with two attached hydrogens (primary N) is 1. The van der Waals surface area contributed by atoms with Gasteiger partial charge in [0.1, 0.15) is 0 Å². The van der Waals surface area contributed by atoms with Crippen LogP contribution in [0.4, 0.5) is 0 Å². The van der Waals surface area contributed by atoms with E-state index in [1.165, 1.54) is 12.8 Å². The van der Waals surface area contributed by atoms with Gasteiger partial charge >= 0.3 is 0 Å². The second kappa shape index (κ2) is 3.04. The van der Waals surface area contributed by atoms with Crippen LogP contribution in [-0.2, 0) is 0 Å². The molecular formula is C8H16N2. The van der Waals surface area contributed by atoms with Crippen molar-refractivity contribution in [2.24, 2.45) is 22.6 Å². The molecule has 0 aromatic heterocycles. The number of nitrogens with zero attached hydrogens (tertiary/aromatic N) is 1. The molecule has 2 atom stereocenters. The number of rotatable bonds is 3. The zero-order valence-corrected chi connectivity index (χ0v) is 6.80. The van der Waals surface area contributed by atoms with Gasteiger partial charge < -0.3 is 5.73 Å². The summed E-state index contributed by atoms with van der Waals surface area (Å²) in [4.78, 5) is 4.18. The SMILES string of the molecule is CC[C@@H]1C[C@H]1CN=C(C)N. The monoisotopic (exact) mass is 140 g/mol. The molecule has 1 fully saturated rings. The third kappa shape index (κ3) is 2.01. The van der Waals surface area contributed by atoms with Crippen LogP contribution in [0.25, 0.3) is 0 Å². The van der Waals surface area contributed by atoms with E-state index in [-0.39, 0.29) is 0 Å². The summed E-state index contributed by atoms with van der Waals surface area (Å²) in [6.07, 6.45) is 2.68. The van der Waals surface area contributed by atoms with E-state index in [0.29, 0.717) is 0 Å². The molecule has 2 N–H and O–H groups in total. The summed E-state index contributed by atoms with van der Waals surface area (Å²) in [5.41, 5.74) is 5.41. The molecular weight excluding hydrogens is 124 g/mol. The van der Waals surface area contributed by atoms with Gasteiger partial charge in [-0.2, -0.15) is 0 Å². The summed E-state index contributed by atoms with van der Waals surface area (Å²) in [6, 6.07) is 0. The minimum atomic E-state index is 0.724. The van der Waals surface area contributed by atoms with Gasteiger partial charge in [0.05, 0.1) is 5.84 Å². The second-order valence-corrected chi connectivity index (χ2v) is 3.15. The van der Waals surface area contributed by atoms with E-state index in [4.69, 9.17) is 5.73 Å². The Morgan fingerprint density at radius 3 is 2.70 bits per heavy atom. The Morgan fingerprint density at radius 1 is 1.60 bits per heavy atom. The van der Waals surface area contributed by atoms with Gasteiger partial charge in [-0.3, -0.25) is 4.99 Å². The van der Waals surface area contributed by atoms with Gasteiger partial charge in [-0.1, -0.05) is 13.3 Å². The maximum absolute atomic E-state index is 5.41. The highest BCUT2D eigenvalue weighted by Crippen LogP contribution is 2.40. The Labute approximate surface area is 62.5 Å². The number of aliphatic imine (C=N–C) groups is 1. The van der Waals surface area contributed by atoms with Crippen LogP contribution in [0, 0.1) is 11.8 Å².